The molecule has 1 atom stereocenters. The highest BCUT2D eigenvalue weighted by Crippen LogP contribution is 2.32. The van der Waals surface area contributed by atoms with E-state index in [0.29, 0.717) is 24.0 Å². The van der Waals surface area contributed by atoms with E-state index >= 15 is 0 Å². The van der Waals surface area contributed by atoms with Crippen LogP contribution in [0.3, 0.4) is 0 Å². The van der Waals surface area contributed by atoms with E-state index in [4.69, 9.17) is 9.47 Å². The van der Waals surface area contributed by atoms with Gasteiger partial charge in [-0.2, -0.15) is 0 Å². The molecule has 3 aromatic rings. The number of amides is 1. The monoisotopic (exact) mass is 421 g/mol. The maximum Gasteiger partial charge on any atom is 0.261 e. The Bertz CT molecular complexity index is 1180. The van der Waals surface area contributed by atoms with Crippen molar-refractivity contribution in [1.29, 1.82) is 0 Å². The zero-order chi connectivity index (χ0) is 21.4. The molecule has 0 saturated carbocycles. The Morgan fingerprint density at radius 1 is 1.13 bits per heavy atom. The number of nitrogens with zero attached hydrogens (tertiary/aromatic N) is 3. The molecule has 0 aliphatic carbocycles. The molecule has 3 heterocycles. The number of quaternary nitrogens is 1. The second-order valence-electron chi connectivity index (χ2n) is 8.09. The topological polar surface area (TPSA) is 78.1 Å². The number of aromatic nitrogens is 2. The summed E-state index contributed by atoms with van der Waals surface area (Å²) >= 11 is 0. The minimum absolute atomic E-state index is 0.0405. The standard InChI is InChI=1S/C23H24N4O4/c1-16(27-14-24-19-5-3-2-4-18(19)23(27)29)22(28)26-10-8-25(9-11-26)13-17-6-7-20-21(12-17)31-15-30-20/h2-7,12,14,16H,8-11,13,15H2,1H3/p+1/t16-/m0/s1. The number of hydrogen-bond acceptors (Lipinski definition) is 5. The van der Waals surface area contributed by atoms with E-state index in [1.54, 1.807) is 19.1 Å². The molecule has 1 aromatic heterocycles. The van der Waals surface area contributed by atoms with Gasteiger partial charge >= 0.3 is 0 Å². The summed E-state index contributed by atoms with van der Waals surface area (Å²) in [6.07, 6.45) is 1.48. The third-order valence-electron chi connectivity index (χ3n) is 6.14. The van der Waals surface area contributed by atoms with Crippen LogP contribution < -0.4 is 19.9 Å². The number of piperazine rings is 1. The number of hydrogen-bond donors (Lipinski definition) is 1. The number of carbonyl (C=O) groups is 1. The van der Waals surface area contributed by atoms with Crippen LogP contribution in [0, 0.1) is 0 Å². The first kappa shape index (κ1) is 19.6. The van der Waals surface area contributed by atoms with Crippen LogP contribution in [0.4, 0.5) is 0 Å². The minimum Gasteiger partial charge on any atom is -0.454 e. The first-order valence-electron chi connectivity index (χ1n) is 10.6. The molecule has 1 amide bonds. The van der Waals surface area contributed by atoms with Crippen LogP contribution >= 0.6 is 0 Å². The summed E-state index contributed by atoms with van der Waals surface area (Å²) in [4.78, 5) is 33.5. The molecule has 8 nitrogen and oxygen atoms in total. The molecule has 160 valence electrons. The van der Waals surface area contributed by atoms with Crippen LogP contribution in [-0.4, -0.2) is 53.3 Å². The fraction of sp³-hybridized carbons (Fsp3) is 0.348. The van der Waals surface area contributed by atoms with Crippen molar-refractivity contribution in [2.75, 3.05) is 33.0 Å². The highest BCUT2D eigenvalue weighted by atomic mass is 16.7. The molecule has 5 rings (SSSR count). The van der Waals surface area contributed by atoms with E-state index in [1.165, 1.54) is 21.4 Å². The minimum atomic E-state index is -0.583. The first-order valence-corrected chi connectivity index (χ1v) is 10.6. The van der Waals surface area contributed by atoms with E-state index in [2.05, 4.69) is 11.1 Å². The Balaban J connectivity index is 1.23. The van der Waals surface area contributed by atoms with Gasteiger partial charge in [0.1, 0.15) is 12.6 Å². The van der Waals surface area contributed by atoms with Crippen LogP contribution in [0.5, 0.6) is 11.5 Å². The third kappa shape index (κ3) is 3.74. The molecule has 0 radical (unpaired) electrons. The molecule has 0 spiro atoms. The Hall–Kier alpha value is -3.39. The Kier molecular flexibility index (Phi) is 5.07. The predicted molar refractivity (Wildman–Crippen MR) is 114 cm³/mol. The lowest BCUT2D eigenvalue weighted by molar-refractivity contribution is -0.917. The van der Waals surface area contributed by atoms with Gasteiger partial charge in [-0.15, -0.1) is 0 Å². The van der Waals surface area contributed by atoms with Gasteiger partial charge in [0.2, 0.25) is 12.7 Å². The van der Waals surface area contributed by atoms with Crippen molar-refractivity contribution >= 4 is 16.8 Å². The lowest BCUT2D eigenvalue weighted by Gasteiger charge is -2.34. The van der Waals surface area contributed by atoms with Gasteiger partial charge in [-0.3, -0.25) is 14.2 Å². The molecule has 0 bridgehead atoms. The number of rotatable bonds is 4. The molecule has 2 aliphatic rings. The molecule has 0 unspecified atom stereocenters. The number of nitrogens with one attached hydrogen (secondary N) is 1. The molecule has 1 saturated heterocycles. The SMILES string of the molecule is C[C@@H](C(=O)N1CC[NH+](Cc2ccc3c(c2)OCO3)CC1)n1cnc2ccccc2c1=O. The van der Waals surface area contributed by atoms with Crippen molar-refractivity contribution in [3.8, 4) is 11.5 Å². The number of ether oxygens (including phenoxy) is 2. The van der Waals surface area contributed by atoms with E-state index in [1.807, 2.05) is 29.2 Å². The van der Waals surface area contributed by atoms with E-state index in [9.17, 15) is 9.59 Å². The van der Waals surface area contributed by atoms with Gasteiger partial charge in [0.25, 0.3) is 5.56 Å². The second kappa shape index (κ2) is 8.03. The van der Waals surface area contributed by atoms with Crippen molar-refractivity contribution in [3.63, 3.8) is 0 Å². The summed E-state index contributed by atoms with van der Waals surface area (Å²) in [6, 6.07) is 12.7. The molecule has 8 heteroatoms. The maximum atomic E-state index is 13.1. The first-order chi connectivity index (χ1) is 15.1. The molecule has 1 N–H and O–H groups in total. The average Bonchev–Trinajstić information content (AvgIpc) is 3.27. The van der Waals surface area contributed by atoms with Crippen molar-refractivity contribution in [2.45, 2.75) is 19.5 Å². The van der Waals surface area contributed by atoms with E-state index in [-0.39, 0.29) is 18.3 Å². The zero-order valence-corrected chi connectivity index (χ0v) is 17.4. The van der Waals surface area contributed by atoms with Gasteiger partial charge in [-0.25, -0.2) is 4.98 Å². The molecule has 31 heavy (non-hydrogen) atoms. The number of carbonyl (C=O) groups excluding carboxylic acids is 1. The van der Waals surface area contributed by atoms with Crippen LogP contribution in [0.2, 0.25) is 0 Å². The molecular formula is C23H25N4O4+. The fourth-order valence-corrected chi connectivity index (χ4v) is 4.30. The lowest BCUT2D eigenvalue weighted by Crippen LogP contribution is -3.13. The van der Waals surface area contributed by atoms with E-state index in [0.717, 1.165) is 31.1 Å². The fourth-order valence-electron chi connectivity index (χ4n) is 4.30. The van der Waals surface area contributed by atoms with Gasteiger partial charge < -0.3 is 19.3 Å². The van der Waals surface area contributed by atoms with Crippen LogP contribution in [0.15, 0.2) is 53.6 Å². The predicted octanol–water partition coefficient (Wildman–Crippen LogP) is 0.614. The van der Waals surface area contributed by atoms with Crippen molar-refractivity contribution in [1.82, 2.24) is 14.5 Å². The largest absolute Gasteiger partial charge is 0.454 e. The van der Waals surface area contributed by atoms with Crippen molar-refractivity contribution in [2.24, 2.45) is 0 Å². The van der Waals surface area contributed by atoms with Crippen molar-refractivity contribution < 1.29 is 19.2 Å². The van der Waals surface area contributed by atoms with Crippen LogP contribution in [0.25, 0.3) is 10.9 Å². The highest BCUT2D eigenvalue weighted by molar-refractivity contribution is 5.81. The smallest absolute Gasteiger partial charge is 0.261 e. The summed E-state index contributed by atoms with van der Waals surface area (Å²) in [5, 5.41) is 0.530. The quantitative estimate of drug-likeness (QED) is 0.668. The highest BCUT2D eigenvalue weighted by Gasteiger charge is 2.28. The van der Waals surface area contributed by atoms with Gasteiger partial charge in [0.15, 0.2) is 11.5 Å². The van der Waals surface area contributed by atoms with Crippen LogP contribution in [-0.2, 0) is 11.3 Å². The summed E-state index contributed by atoms with van der Waals surface area (Å²) in [6.45, 7) is 5.97. The number of fused-ring (bicyclic) bond motifs is 2. The summed E-state index contributed by atoms with van der Waals surface area (Å²) < 4.78 is 12.3. The Labute approximate surface area is 179 Å². The van der Waals surface area contributed by atoms with Gasteiger partial charge in [-0.1, -0.05) is 12.1 Å². The molecule has 1 fully saturated rings. The number of benzene rings is 2. The molecular weight excluding hydrogens is 396 g/mol. The Morgan fingerprint density at radius 3 is 2.74 bits per heavy atom. The van der Waals surface area contributed by atoms with Crippen LogP contribution in [0.1, 0.15) is 18.5 Å². The third-order valence-corrected chi connectivity index (χ3v) is 6.14. The maximum absolute atomic E-state index is 13.1. The number of para-hydroxylation sites is 1. The molecule has 2 aliphatic heterocycles. The lowest BCUT2D eigenvalue weighted by atomic mass is 10.1. The van der Waals surface area contributed by atoms with Gasteiger partial charge in [0.05, 0.1) is 43.4 Å². The van der Waals surface area contributed by atoms with Gasteiger partial charge in [0, 0.05) is 5.56 Å². The average molecular weight is 421 g/mol. The van der Waals surface area contributed by atoms with Crippen molar-refractivity contribution in [3.05, 3.63) is 64.7 Å². The summed E-state index contributed by atoms with van der Waals surface area (Å²) in [7, 11) is 0. The Morgan fingerprint density at radius 2 is 1.90 bits per heavy atom. The molecule has 2 aromatic carbocycles. The van der Waals surface area contributed by atoms with Gasteiger partial charge in [-0.05, 0) is 37.3 Å². The second-order valence-corrected chi connectivity index (χ2v) is 8.09. The van der Waals surface area contributed by atoms with E-state index < -0.39 is 6.04 Å². The normalized spacial score (nSPS) is 17.1. The summed E-state index contributed by atoms with van der Waals surface area (Å²) in [5.41, 5.74) is 1.66. The zero-order valence-electron chi connectivity index (χ0n) is 17.4. The summed E-state index contributed by atoms with van der Waals surface area (Å²) in [5.74, 6) is 1.55.